The van der Waals surface area contributed by atoms with E-state index in [0.717, 1.165) is 0 Å². The number of rotatable bonds is 5. The van der Waals surface area contributed by atoms with E-state index in [0.29, 0.717) is 17.1 Å². The first-order chi connectivity index (χ1) is 8.19. The number of carbonyl (C=O) groups excluding carboxylic acids is 1. The van der Waals surface area contributed by atoms with Crippen LogP contribution in [-0.2, 0) is 4.79 Å². The fourth-order valence-corrected chi connectivity index (χ4v) is 1.69. The lowest BCUT2D eigenvalue weighted by Gasteiger charge is -2.10. The molecule has 0 radical (unpaired) electrons. The van der Waals surface area contributed by atoms with E-state index in [9.17, 15) is 4.79 Å². The first kappa shape index (κ1) is 13.3. The van der Waals surface area contributed by atoms with E-state index in [1.807, 2.05) is 0 Å². The third kappa shape index (κ3) is 3.93. The van der Waals surface area contributed by atoms with Crippen LogP contribution in [0.4, 0.5) is 0 Å². The zero-order valence-corrected chi connectivity index (χ0v) is 10.1. The Kier molecular flexibility index (Phi) is 5.25. The maximum Gasteiger partial charge on any atom is 0.221 e. The highest BCUT2D eigenvalue weighted by Gasteiger charge is 2.17. The van der Waals surface area contributed by atoms with Gasteiger partial charge in [-0.25, -0.2) is 0 Å². The highest BCUT2D eigenvalue weighted by atomic mass is 35.5. The SMILES string of the molecule is C=CCNC(=O)CC(C#N)c1ccccc1Cl. The van der Waals surface area contributed by atoms with E-state index in [-0.39, 0.29) is 12.3 Å². The third-order valence-electron chi connectivity index (χ3n) is 2.27. The Morgan fingerprint density at radius 2 is 2.29 bits per heavy atom. The lowest BCUT2D eigenvalue weighted by molar-refractivity contribution is -0.121. The van der Waals surface area contributed by atoms with E-state index in [4.69, 9.17) is 16.9 Å². The van der Waals surface area contributed by atoms with Crippen molar-refractivity contribution >= 4 is 17.5 Å². The van der Waals surface area contributed by atoms with Crippen LogP contribution in [0.25, 0.3) is 0 Å². The van der Waals surface area contributed by atoms with Crippen molar-refractivity contribution in [1.29, 1.82) is 5.26 Å². The highest BCUT2D eigenvalue weighted by Crippen LogP contribution is 2.26. The Morgan fingerprint density at radius 1 is 1.59 bits per heavy atom. The molecule has 0 aliphatic carbocycles. The molecule has 0 aromatic heterocycles. The van der Waals surface area contributed by atoms with Gasteiger partial charge in [0.1, 0.15) is 0 Å². The molecule has 0 bridgehead atoms. The molecule has 0 aliphatic heterocycles. The molecular formula is C13H13ClN2O. The second kappa shape index (κ2) is 6.72. The molecule has 88 valence electrons. The van der Waals surface area contributed by atoms with E-state index in [2.05, 4.69) is 18.0 Å². The normalized spacial score (nSPS) is 11.3. The minimum atomic E-state index is -0.520. The number of nitriles is 1. The third-order valence-corrected chi connectivity index (χ3v) is 2.61. The van der Waals surface area contributed by atoms with Crippen molar-refractivity contribution in [3.05, 3.63) is 47.5 Å². The van der Waals surface area contributed by atoms with Crippen LogP contribution < -0.4 is 5.32 Å². The molecule has 0 saturated carbocycles. The summed E-state index contributed by atoms with van der Waals surface area (Å²) in [7, 11) is 0. The number of benzene rings is 1. The van der Waals surface area contributed by atoms with Gasteiger partial charge in [0, 0.05) is 18.0 Å². The maximum atomic E-state index is 11.5. The number of nitrogens with zero attached hydrogens (tertiary/aromatic N) is 1. The number of halogens is 1. The smallest absolute Gasteiger partial charge is 0.221 e. The number of hydrogen-bond donors (Lipinski definition) is 1. The Bertz CT molecular complexity index is 451. The van der Waals surface area contributed by atoms with Gasteiger partial charge in [-0.15, -0.1) is 6.58 Å². The quantitative estimate of drug-likeness (QED) is 0.815. The van der Waals surface area contributed by atoms with Crippen molar-refractivity contribution in [3.8, 4) is 6.07 Å². The molecule has 1 amide bonds. The summed E-state index contributed by atoms with van der Waals surface area (Å²) < 4.78 is 0. The standard InChI is InChI=1S/C13H13ClN2O/c1-2-7-16-13(17)8-10(9-15)11-5-3-4-6-12(11)14/h2-6,10H,1,7-8H2,(H,16,17). The Balaban J connectivity index is 2.74. The second-order valence-electron chi connectivity index (χ2n) is 3.50. The van der Waals surface area contributed by atoms with Gasteiger partial charge in [0.25, 0.3) is 0 Å². The first-order valence-corrected chi connectivity index (χ1v) is 5.58. The zero-order chi connectivity index (χ0) is 12.7. The average Bonchev–Trinajstić information content (AvgIpc) is 2.34. The predicted octanol–water partition coefficient (Wildman–Crippen LogP) is 2.64. The molecule has 17 heavy (non-hydrogen) atoms. The van der Waals surface area contributed by atoms with Crippen molar-refractivity contribution in [2.75, 3.05) is 6.54 Å². The molecule has 1 aromatic carbocycles. The van der Waals surface area contributed by atoms with Gasteiger partial charge < -0.3 is 5.32 Å². The van der Waals surface area contributed by atoms with Crippen LogP contribution in [0.2, 0.25) is 5.02 Å². The summed E-state index contributed by atoms with van der Waals surface area (Å²) in [5, 5.41) is 12.2. The molecular weight excluding hydrogens is 236 g/mol. The molecule has 0 saturated heterocycles. The van der Waals surface area contributed by atoms with Gasteiger partial charge in [0.05, 0.1) is 12.0 Å². The fourth-order valence-electron chi connectivity index (χ4n) is 1.43. The lowest BCUT2D eigenvalue weighted by Crippen LogP contribution is -2.24. The van der Waals surface area contributed by atoms with Crippen LogP contribution in [0.15, 0.2) is 36.9 Å². The lowest BCUT2D eigenvalue weighted by atomic mass is 9.97. The molecule has 1 unspecified atom stereocenters. The van der Waals surface area contributed by atoms with Crippen LogP contribution >= 0.6 is 11.6 Å². The van der Waals surface area contributed by atoms with Gasteiger partial charge in [-0.05, 0) is 11.6 Å². The van der Waals surface area contributed by atoms with Crippen LogP contribution in [0.1, 0.15) is 17.9 Å². The van der Waals surface area contributed by atoms with Gasteiger partial charge in [0.2, 0.25) is 5.91 Å². The monoisotopic (exact) mass is 248 g/mol. The summed E-state index contributed by atoms with van der Waals surface area (Å²) in [6.07, 6.45) is 1.70. The summed E-state index contributed by atoms with van der Waals surface area (Å²) in [5.41, 5.74) is 0.686. The maximum absolute atomic E-state index is 11.5. The molecule has 1 N–H and O–H groups in total. The number of nitrogens with one attached hydrogen (secondary N) is 1. The highest BCUT2D eigenvalue weighted by molar-refractivity contribution is 6.31. The molecule has 0 spiro atoms. The van der Waals surface area contributed by atoms with E-state index in [1.54, 1.807) is 30.3 Å². The van der Waals surface area contributed by atoms with Crippen LogP contribution in [-0.4, -0.2) is 12.5 Å². The van der Waals surface area contributed by atoms with Gasteiger partial charge in [0.15, 0.2) is 0 Å². The van der Waals surface area contributed by atoms with Gasteiger partial charge in [-0.2, -0.15) is 5.26 Å². The molecule has 0 heterocycles. The molecule has 4 heteroatoms. The van der Waals surface area contributed by atoms with Crippen molar-refractivity contribution < 1.29 is 4.79 Å². The molecule has 3 nitrogen and oxygen atoms in total. The fraction of sp³-hybridized carbons (Fsp3) is 0.231. The minimum Gasteiger partial charge on any atom is -0.353 e. The molecule has 0 aliphatic rings. The Morgan fingerprint density at radius 3 is 2.88 bits per heavy atom. The van der Waals surface area contributed by atoms with Gasteiger partial charge >= 0.3 is 0 Å². The summed E-state index contributed by atoms with van der Waals surface area (Å²) in [6, 6.07) is 9.16. The summed E-state index contributed by atoms with van der Waals surface area (Å²) >= 11 is 5.99. The zero-order valence-electron chi connectivity index (χ0n) is 9.32. The van der Waals surface area contributed by atoms with E-state index in [1.165, 1.54) is 0 Å². The number of carbonyl (C=O) groups is 1. The average molecular weight is 249 g/mol. The molecule has 1 aromatic rings. The minimum absolute atomic E-state index is 0.105. The van der Waals surface area contributed by atoms with Crippen molar-refractivity contribution in [3.63, 3.8) is 0 Å². The topological polar surface area (TPSA) is 52.9 Å². The second-order valence-corrected chi connectivity index (χ2v) is 3.91. The number of amides is 1. The van der Waals surface area contributed by atoms with Crippen molar-refractivity contribution in [1.82, 2.24) is 5.32 Å². The van der Waals surface area contributed by atoms with Gasteiger partial charge in [-0.1, -0.05) is 35.9 Å². The predicted molar refractivity (Wildman–Crippen MR) is 67.6 cm³/mol. The van der Waals surface area contributed by atoms with E-state index >= 15 is 0 Å². The molecule has 1 rings (SSSR count). The van der Waals surface area contributed by atoms with Gasteiger partial charge in [-0.3, -0.25) is 4.79 Å². The summed E-state index contributed by atoms with van der Waals surface area (Å²) in [6.45, 7) is 3.91. The molecule has 0 fully saturated rings. The van der Waals surface area contributed by atoms with Crippen LogP contribution in [0.3, 0.4) is 0 Å². The summed E-state index contributed by atoms with van der Waals surface area (Å²) in [4.78, 5) is 11.5. The van der Waals surface area contributed by atoms with Crippen molar-refractivity contribution in [2.24, 2.45) is 0 Å². The van der Waals surface area contributed by atoms with Crippen molar-refractivity contribution in [2.45, 2.75) is 12.3 Å². The Labute approximate surface area is 106 Å². The van der Waals surface area contributed by atoms with Crippen LogP contribution in [0.5, 0.6) is 0 Å². The number of hydrogen-bond acceptors (Lipinski definition) is 2. The van der Waals surface area contributed by atoms with E-state index < -0.39 is 5.92 Å². The molecule has 1 atom stereocenters. The summed E-state index contributed by atoms with van der Waals surface area (Å²) in [5.74, 6) is -0.704. The van der Waals surface area contributed by atoms with Crippen LogP contribution in [0, 0.1) is 11.3 Å². The first-order valence-electron chi connectivity index (χ1n) is 5.20. The Hall–Kier alpha value is -1.79. The largest absolute Gasteiger partial charge is 0.353 e.